The van der Waals surface area contributed by atoms with Gasteiger partial charge in [0.2, 0.25) is 0 Å². The third-order valence-corrected chi connectivity index (χ3v) is 5.11. The highest BCUT2D eigenvalue weighted by atomic mass is 79.9. The molecule has 0 amide bonds. The van der Waals surface area contributed by atoms with Crippen LogP contribution in [-0.4, -0.2) is 5.71 Å². The van der Waals surface area contributed by atoms with Crippen molar-refractivity contribution in [1.29, 1.82) is 0 Å². The molecule has 4 rings (SSSR count). The Hall–Kier alpha value is -2.10. The summed E-state index contributed by atoms with van der Waals surface area (Å²) in [5.41, 5.74) is 4.49. The van der Waals surface area contributed by atoms with Gasteiger partial charge in [-0.2, -0.15) is 5.10 Å². The second-order valence-corrected chi connectivity index (χ2v) is 7.36. The molecule has 0 spiro atoms. The summed E-state index contributed by atoms with van der Waals surface area (Å²) in [6, 6.07) is 26.8. The monoisotopic (exact) mass is 410 g/mol. The van der Waals surface area contributed by atoms with Crippen molar-refractivity contribution in [3.05, 3.63) is 99.5 Å². The number of hydrogen-bond donors (Lipinski definition) is 0. The first-order chi connectivity index (χ1) is 12.2. The van der Waals surface area contributed by atoms with E-state index in [0.717, 1.165) is 32.9 Å². The van der Waals surface area contributed by atoms with Crippen LogP contribution in [-0.2, 0) is 0 Å². The standard InChI is InChI=1S/C21H16BrClN2/c22-17-11-9-16(10-12-17)21-14-20(15-5-2-1-3-6-15)24-25(21)19-8-4-7-18(23)13-19/h1-13,21H,14H2/t21-/m0/s1. The normalized spacial score (nSPS) is 16.8. The van der Waals surface area contributed by atoms with Crippen molar-refractivity contribution in [1.82, 2.24) is 0 Å². The van der Waals surface area contributed by atoms with Crippen molar-refractivity contribution < 1.29 is 0 Å². The number of rotatable bonds is 3. The maximum atomic E-state index is 6.21. The molecule has 3 aromatic carbocycles. The van der Waals surface area contributed by atoms with Crippen LogP contribution in [0.2, 0.25) is 5.02 Å². The van der Waals surface area contributed by atoms with Crippen molar-refractivity contribution in [3.8, 4) is 0 Å². The fraction of sp³-hybridized carbons (Fsp3) is 0.0952. The number of benzene rings is 3. The van der Waals surface area contributed by atoms with Crippen LogP contribution in [0.4, 0.5) is 5.69 Å². The summed E-state index contributed by atoms with van der Waals surface area (Å²) in [4.78, 5) is 0. The number of nitrogens with zero attached hydrogens (tertiary/aromatic N) is 2. The first kappa shape index (κ1) is 16.4. The summed E-state index contributed by atoms with van der Waals surface area (Å²) >= 11 is 9.72. The van der Waals surface area contributed by atoms with Gasteiger partial charge < -0.3 is 0 Å². The van der Waals surface area contributed by atoms with E-state index < -0.39 is 0 Å². The average Bonchev–Trinajstić information content (AvgIpc) is 3.08. The zero-order valence-corrected chi connectivity index (χ0v) is 15.8. The zero-order chi connectivity index (χ0) is 17.2. The molecular formula is C21H16BrClN2. The van der Waals surface area contributed by atoms with Crippen molar-refractivity contribution in [2.24, 2.45) is 5.10 Å². The van der Waals surface area contributed by atoms with Gasteiger partial charge in [-0.05, 0) is 41.5 Å². The lowest BCUT2D eigenvalue weighted by molar-refractivity contribution is 0.709. The molecule has 0 saturated heterocycles. The molecule has 0 aromatic heterocycles. The molecule has 0 aliphatic carbocycles. The smallest absolute Gasteiger partial charge is 0.0831 e. The molecule has 25 heavy (non-hydrogen) atoms. The fourth-order valence-electron chi connectivity index (χ4n) is 3.12. The number of anilines is 1. The molecule has 0 unspecified atom stereocenters. The largest absolute Gasteiger partial charge is 0.257 e. The SMILES string of the molecule is Clc1cccc(N2N=C(c3ccccc3)C[C@H]2c2ccc(Br)cc2)c1. The van der Waals surface area contributed by atoms with Crippen LogP contribution >= 0.6 is 27.5 Å². The van der Waals surface area contributed by atoms with Crippen LogP contribution in [0.5, 0.6) is 0 Å². The molecule has 2 nitrogen and oxygen atoms in total. The fourth-order valence-corrected chi connectivity index (χ4v) is 3.57. The highest BCUT2D eigenvalue weighted by Crippen LogP contribution is 2.37. The van der Waals surface area contributed by atoms with Gasteiger partial charge >= 0.3 is 0 Å². The lowest BCUT2D eigenvalue weighted by atomic mass is 9.98. The van der Waals surface area contributed by atoms with Crippen molar-refractivity contribution in [3.63, 3.8) is 0 Å². The maximum Gasteiger partial charge on any atom is 0.0831 e. The summed E-state index contributed by atoms with van der Waals surface area (Å²) < 4.78 is 1.08. The van der Waals surface area contributed by atoms with Crippen molar-refractivity contribution in [2.75, 3.05) is 5.01 Å². The minimum Gasteiger partial charge on any atom is -0.257 e. The minimum absolute atomic E-state index is 0.154. The Morgan fingerprint density at radius 2 is 1.68 bits per heavy atom. The van der Waals surface area contributed by atoms with Crippen LogP contribution in [0.25, 0.3) is 0 Å². The Kier molecular flexibility index (Phi) is 4.60. The molecule has 0 radical (unpaired) electrons. The van der Waals surface area contributed by atoms with E-state index in [1.54, 1.807) is 0 Å². The summed E-state index contributed by atoms with van der Waals surface area (Å²) in [5.74, 6) is 0. The van der Waals surface area contributed by atoms with Gasteiger partial charge in [0, 0.05) is 15.9 Å². The maximum absolute atomic E-state index is 6.21. The summed E-state index contributed by atoms with van der Waals surface area (Å²) in [6.07, 6.45) is 0.859. The average molecular weight is 412 g/mol. The van der Waals surface area contributed by atoms with Crippen LogP contribution in [0, 0.1) is 0 Å². The van der Waals surface area contributed by atoms with Crippen LogP contribution in [0.3, 0.4) is 0 Å². The third-order valence-electron chi connectivity index (χ3n) is 4.34. The Morgan fingerprint density at radius 3 is 2.40 bits per heavy atom. The highest BCUT2D eigenvalue weighted by molar-refractivity contribution is 9.10. The Balaban J connectivity index is 1.76. The second kappa shape index (κ2) is 7.03. The zero-order valence-electron chi connectivity index (χ0n) is 13.4. The lowest BCUT2D eigenvalue weighted by Crippen LogP contribution is -2.18. The topological polar surface area (TPSA) is 15.6 Å². The third kappa shape index (κ3) is 3.48. The number of halogens is 2. The molecule has 1 aliphatic rings. The van der Waals surface area contributed by atoms with E-state index in [2.05, 4.69) is 75.5 Å². The predicted molar refractivity (Wildman–Crippen MR) is 108 cm³/mol. The molecule has 1 aliphatic heterocycles. The molecule has 0 N–H and O–H groups in total. The minimum atomic E-state index is 0.154. The molecule has 3 aromatic rings. The van der Waals surface area contributed by atoms with Gasteiger partial charge in [0.05, 0.1) is 17.4 Å². The summed E-state index contributed by atoms with van der Waals surface area (Å²) in [6.45, 7) is 0. The predicted octanol–water partition coefficient (Wildman–Crippen LogP) is 6.46. The van der Waals surface area contributed by atoms with E-state index in [0.29, 0.717) is 0 Å². The Morgan fingerprint density at radius 1 is 0.920 bits per heavy atom. The summed E-state index contributed by atoms with van der Waals surface area (Å²) in [5, 5.41) is 7.73. The van der Waals surface area contributed by atoms with Gasteiger partial charge in [-0.15, -0.1) is 0 Å². The molecule has 0 fully saturated rings. The molecule has 0 saturated carbocycles. The van der Waals surface area contributed by atoms with Crippen molar-refractivity contribution >= 4 is 38.9 Å². The first-order valence-corrected chi connectivity index (χ1v) is 9.31. The van der Waals surface area contributed by atoms with Gasteiger partial charge in [0.25, 0.3) is 0 Å². The van der Waals surface area contributed by atoms with E-state index in [-0.39, 0.29) is 6.04 Å². The van der Waals surface area contributed by atoms with Crippen LogP contribution in [0.1, 0.15) is 23.6 Å². The molecular weight excluding hydrogens is 396 g/mol. The molecule has 1 atom stereocenters. The van der Waals surface area contributed by atoms with Gasteiger partial charge in [-0.1, -0.05) is 76.1 Å². The Bertz CT molecular complexity index is 907. The number of hydrogen-bond acceptors (Lipinski definition) is 2. The highest BCUT2D eigenvalue weighted by Gasteiger charge is 2.29. The molecule has 1 heterocycles. The molecule has 4 heteroatoms. The van der Waals surface area contributed by atoms with Crippen LogP contribution < -0.4 is 5.01 Å². The van der Waals surface area contributed by atoms with Crippen molar-refractivity contribution in [2.45, 2.75) is 12.5 Å². The first-order valence-electron chi connectivity index (χ1n) is 8.14. The Labute approximate surface area is 160 Å². The van der Waals surface area contributed by atoms with Gasteiger partial charge in [0.15, 0.2) is 0 Å². The number of hydrazone groups is 1. The van der Waals surface area contributed by atoms with E-state index in [1.165, 1.54) is 5.56 Å². The van der Waals surface area contributed by atoms with Gasteiger partial charge in [-0.25, -0.2) is 0 Å². The molecule has 0 bridgehead atoms. The van der Waals surface area contributed by atoms with Crippen LogP contribution in [0.15, 0.2) is 88.4 Å². The van der Waals surface area contributed by atoms with Gasteiger partial charge in [0.1, 0.15) is 0 Å². The summed E-state index contributed by atoms with van der Waals surface area (Å²) in [7, 11) is 0. The van der Waals surface area contributed by atoms with E-state index in [1.807, 2.05) is 24.3 Å². The van der Waals surface area contributed by atoms with E-state index in [9.17, 15) is 0 Å². The second-order valence-electron chi connectivity index (χ2n) is 6.01. The molecule has 124 valence electrons. The van der Waals surface area contributed by atoms with Gasteiger partial charge in [-0.3, -0.25) is 5.01 Å². The quantitative estimate of drug-likeness (QED) is 0.483. The lowest BCUT2D eigenvalue weighted by Gasteiger charge is -2.24. The van der Waals surface area contributed by atoms with E-state index in [4.69, 9.17) is 16.7 Å². The van der Waals surface area contributed by atoms with E-state index >= 15 is 0 Å².